The van der Waals surface area contributed by atoms with Crippen molar-refractivity contribution in [3.63, 3.8) is 0 Å². The highest BCUT2D eigenvalue weighted by molar-refractivity contribution is 5.74. The van der Waals surface area contributed by atoms with E-state index < -0.39 is 17.7 Å². The number of carbonyl (C=O) groups is 1. The summed E-state index contributed by atoms with van der Waals surface area (Å²) in [5, 5.41) is 29.2. The molecule has 8 nitrogen and oxygen atoms in total. The van der Waals surface area contributed by atoms with E-state index in [9.17, 15) is 19.4 Å². The molecule has 222 valence electrons. The Morgan fingerprint density at radius 1 is 1.05 bits per heavy atom. The van der Waals surface area contributed by atoms with Gasteiger partial charge in [-0.2, -0.15) is 0 Å². The van der Waals surface area contributed by atoms with E-state index in [0.717, 1.165) is 57.1 Å². The number of aliphatic hydroxyl groups is 1. The predicted octanol–water partition coefficient (Wildman–Crippen LogP) is 5.05. The van der Waals surface area contributed by atoms with E-state index in [-0.39, 0.29) is 18.4 Å². The molecule has 0 saturated carbocycles. The SMILES string of the molecule is CCCCCCCCNC(=O)N1CCC(Nc2ccc(CCNCC(O)COc3ccc(O)c(F)c3)cc2)CC1. The molecule has 2 aromatic carbocycles. The lowest BCUT2D eigenvalue weighted by Gasteiger charge is -2.33. The second kappa shape index (κ2) is 17.6. The minimum Gasteiger partial charge on any atom is -0.505 e. The van der Waals surface area contributed by atoms with Crippen molar-refractivity contribution in [3.05, 3.63) is 53.8 Å². The molecule has 0 bridgehead atoms. The van der Waals surface area contributed by atoms with Crippen LogP contribution in [0.15, 0.2) is 42.5 Å². The molecule has 1 saturated heterocycles. The molecule has 1 aliphatic rings. The molecule has 40 heavy (non-hydrogen) atoms. The Morgan fingerprint density at radius 3 is 2.50 bits per heavy atom. The minimum absolute atomic E-state index is 0.0281. The maximum Gasteiger partial charge on any atom is 0.317 e. The number of ether oxygens (including phenoxy) is 1. The third kappa shape index (κ3) is 11.6. The number of phenolic OH excluding ortho intramolecular Hbond substituents is 1. The summed E-state index contributed by atoms with van der Waals surface area (Å²) >= 11 is 0. The monoisotopic (exact) mass is 558 g/mol. The molecule has 0 spiro atoms. The summed E-state index contributed by atoms with van der Waals surface area (Å²) in [6, 6.07) is 12.6. The number of nitrogens with one attached hydrogen (secondary N) is 3. The summed E-state index contributed by atoms with van der Waals surface area (Å²) in [5.41, 5.74) is 2.28. The number of rotatable bonds is 17. The Bertz CT molecular complexity index is 999. The molecule has 0 radical (unpaired) electrons. The zero-order chi connectivity index (χ0) is 28.6. The van der Waals surface area contributed by atoms with Crippen LogP contribution in [-0.4, -0.2) is 72.6 Å². The molecular formula is C31H47FN4O4. The number of piperidine rings is 1. The summed E-state index contributed by atoms with van der Waals surface area (Å²) in [5.74, 6) is -0.924. The lowest BCUT2D eigenvalue weighted by Crippen LogP contribution is -2.47. The van der Waals surface area contributed by atoms with E-state index in [1.165, 1.54) is 49.8 Å². The van der Waals surface area contributed by atoms with Crippen LogP contribution in [0.5, 0.6) is 11.5 Å². The van der Waals surface area contributed by atoms with Gasteiger partial charge in [-0.25, -0.2) is 9.18 Å². The third-order valence-corrected chi connectivity index (χ3v) is 7.25. The Morgan fingerprint density at radius 2 is 1.77 bits per heavy atom. The number of urea groups is 1. The summed E-state index contributed by atoms with van der Waals surface area (Å²) in [4.78, 5) is 14.4. The summed E-state index contributed by atoms with van der Waals surface area (Å²) in [6.45, 7) is 5.62. The van der Waals surface area contributed by atoms with Crippen LogP contribution in [0.1, 0.15) is 63.9 Å². The number of hydrogen-bond acceptors (Lipinski definition) is 6. The number of amides is 2. The Hall–Kier alpha value is -3.04. The van der Waals surface area contributed by atoms with E-state index in [2.05, 4.69) is 47.1 Å². The number of hydrogen-bond donors (Lipinski definition) is 5. The average Bonchev–Trinajstić information content (AvgIpc) is 2.96. The molecule has 5 N–H and O–H groups in total. The van der Waals surface area contributed by atoms with Crippen LogP contribution in [0.2, 0.25) is 0 Å². The number of aliphatic hydroxyl groups excluding tert-OH is 1. The Kier molecular flexibility index (Phi) is 13.9. The van der Waals surface area contributed by atoms with Gasteiger partial charge in [0.05, 0.1) is 0 Å². The third-order valence-electron chi connectivity index (χ3n) is 7.25. The van der Waals surface area contributed by atoms with Gasteiger partial charge in [-0.15, -0.1) is 0 Å². The first-order valence-electron chi connectivity index (χ1n) is 14.8. The Balaban J connectivity index is 1.24. The second-order valence-corrected chi connectivity index (χ2v) is 10.6. The Labute approximate surface area is 238 Å². The van der Waals surface area contributed by atoms with Crippen molar-refractivity contribution in [2.45, 2.75) is 76.9 Å². The van der Waals surface area contributed by atoms with Crippen LogP contribution in [0.4, 0.5) is 14.9 Å². The molecule has 1 heterocycles. The molecule has 0 aromatic heterocycles. The first kappa shape index (κ1) is 31.5. The van der Waals surface area contributed by atoms with Gasteiger partial charge in [0, 0.05) is 44.0 Å². The first-order chi connectivity index (χ1) is 19.4. The van der Waals surface area contributed by atoms with Crippen molar-refractivity contribution in [1.29, 1.82) is 0 Å². The van der Waals surface area contributed by atoms with E-state index in [1.807, 2.05) is 4.90 Å². The van der Waals surface area contributed by atoms with E-state index in [4.69, 9.17) is 4.74 Å². The van der Waals surface area contributed by atoms with Crippen LogP contribution in [0, 0.1) is 5.82 Å². The molecule has 9 heteroatoms. The van der Waals surface area contributed by atoms with Gasteiger partial charge in [0.15, 0.2) is 11.6 Å². The number of anilines is 1. The molecule has 3 rings (SSSR count). The van der Waals surface area contributed by atoms with Crippen LogP contribution < -0.4 is 20.7 Å². The first-order valence-corrected chi connectivity index (χ1v) is 14.8. The fourth-order valence-corrected chi connectivity index (χ4v) is 4.77. The molecule has 2 aromatic rings. The number of carbonyl (C=O) groups excluding carboxylic acids is 1. The molecule has 1 atom stereocenters. The van der Waals surface area contributed by atoms with Gasteiger partial charge in [-0.1, -0.05) is 51.2 Å². The molecule has 1 fully saturated rings. The minimum atomic E-state index is -0.755. The van der Waals surface area contributed by atoms with Crippen molar-refractivity contribution in [2.24, 2.45) is 0 Å². The number of likely N-dealkylation sites (tertiary alicyclic amines) is 1. The van der Waals surface area contributed by atoms with E-state index in [0.29, 0.717) is 19.1 Å². The summed E-state index contributed by atoms with van der Waals surface area (Å²) in [6.07, 6.45) is 9.31. The molecular weight excluding hydrogens is 511 g/mol. The van der Waals surface area contributed by atoms with Crippen LogP contribution >= 0.6 is 0 Å². The largest absolute Gasteiger partial charge is 0.505 e. The van der Waals surface area contributed by atoms with E-state index >= 15 is 0 Å². The van der Waals surface area contributed by atoms with Crippen LogP contribution in [-0.2, 0) is 6.42 Å². The average molecular weight is 559 g/mol. The van der Waals surface area contributed by atoms with Gasteiger partial charge >= 0.3 is 6.03 Å². The van der Waals surface area contributed by atoms with Gasteiger partial charge in [0.2, 0.25) is 0 Å². The van der Waals surface area contributed by atoms with E-state index in [1.54, 1.807) is 0 Å². The molecule has 2 amide bonds. The van der Waals surface area contributed by atoms with Crippen LogP contribution in [0.25, 0.3) is 0 Å². The smallest absolute Gasteiger partial charge is 0.317 e. The van der Waals surface area contributed by atoms with Crippen molar-refractivity contribution < 1.29 is 24.1 Å². The zero-order valence-electron chi connectivity index (χ0n) is 23.8. The van der Waals surface area contributed by atoms with Crippen molar-refractivity contribution >= 4 is 11.7 Å². The summed E-state index contributed by atoms with van der Waals surface area (Å²) < 4.78 is 18.7. The number of phenols is 1. The number of benzene rings is 2. The highest BCUT2D eigenvalue weighted by atomic mass is 19.1. The predicted molar refractivity (Wildman–Crippen MR) is 158 cm³/mol. The standard InChI is InChI=1S/C31H47FN4O4/c1-2-3-4-5-6-7-17-34-31(39)36-19-15-26(16-20-36)35-25-10-8-24(9-11-25)14-18-33-22-27(37)23-40-28-12-13-30(38)29(32)21-28/h8-13,21,26-27,33,35,37-38H,2-7,14-20,22-23H2,1H3,(H,34,39). The van der Waals surface area contributed by atoms with Gasteiger partial charge < -0.3 is 35.8 Å². The van der Waals surface area contributed by atoms with Gasteiger partial charge in [0.1, 0.15) is 18.5 Å². The quantitative estimate of drug-likeness (QED) is 0.174. The van der Waals surface area contributed by atoms with Gasteiger partial charge in [0.25, 0.3) is 0 Å². The zero-order valence-corrected chi connectivity index (χ0v) is 23.8. The van der Waals surface area contributed by atoms with Crippen molar-refractivity contribution in [3.8, 4) is 11.5 Å². The maximum atomic E-state index is 13.3. The number of unbranched alkanes of at least 4 members (excludes halogenated alkanes) is 5. The number of nitrogens with zero attached hydrogens (tertiary/aromatic N) is 1. The second-order valence-electron chi connectivity index (χ2n) is 10.6. The van der Waals surface area contributed by atoms with Gasteiger partial charge in [-0.05, 0) is 62.1 Å². The van der Waals surface area contributed by atoms with Crippen molar-refractivity contribution in [1.82, 2.24) is 15.5 Å². The molecule has 0 aliphatic carbocycles. The highest BCUT2D eigenvalue weighted by Gasteiger charge is 2.22. The summed E-state index contributed by atoms with van der Waals surface area (Å²) in [7, 11) is 0. The number of aromatic hydroxyl groups is 1. The maximum absolute atomic E-state index is 13.3. The normalized spacial score (nSPS) is 14.6. The fourth-order valence-electron chi connectivity index (χ4n) is 4.77. The fraction of sp³-hybridized carbons (Fsp3) is 0.581. The van der Waals surface area contributed by atoms with Crippen LogP contribution in [0.3, 0.4) is 0 Å². The molecule has 1 aliphatic heterocycles. The number of halogens is 1. The lowest BCUT2D eigenvalue weighted by atomic mass is 10.0. The highest BCUT2D eigenvalue weighted by Crippen LogP contribution is 2.21. The topological polar surface area (TPSA) is 106 Å². The van der Waals surface area contributed by atoms with Gasteiger partial charge in [-0.3, -0.25) is 0 Å². The van der Waals surface area contributed by atoms with Crippen molar-refractivity contribution in [2.75, 3.05) is 44.6 Å². The lowest BCUT2D eigenvalue weighted by molar-refractivity contribution is 0.106. The molecule has 1 unspecified atom stereocenters.